The van der Waals surface area contributed by atoms with E-state index in [0.29, 0.717) is 31.8 Å². The molecule has 1 saturated carbocycles. The van der Waals surface area contributed by atoms with E-state index in [0.717, 1.165) is 24.2 Å². The van der Waals surface area contributed by atoms with Gasteiger partial charge in [0.25, 0.3) is 0 Å². The van der Waals surface area contributed by atoms with Crippen LogP contribution in [0.15, 0.2) is 18.2 Å². The predicted octanol–water partition coefficient (Wildman–Crippen LogP) is 2.53. The van der Waals surface area contributed by atoms with E-state index in [1.165, 1.54) is 0 Å². The maximum absolute atomic E-state index is 12.5. The Morgan fingerprint density at radius 3 is 2.62 bits per heavy atom. The minimum Gasteiger partial charge on any atom is -0.486 e. The van der Waals surface area contributed by atoms with Crippen LogP contribution >= 0.6 is 0 Å². The van der Waals surface area contributed by atoms with Gasteiger partial charge in [-0.15, -0.1) is 0 Å². The lowest BCUT2D eigenvalue weighted by Gasteiger charge is -2.27. The maximum Gasteiger partial charge on any atom is 0.306 e. The molecule has 0 spiro atoms. The number of carboxylic acid groups (broad SMARTS) is 1. The molecule has 1 heterocycles. The molecule has 1 fully saturated rings. The Kier molecular flexibility index (Phi) is 4.92. The van der Waals surface area contributed by atoms with Crippen molar-refractivity contribution in [3.8, 4) is 11.5 Å². The number of benzene rings is 1. The van der Waals surface area contributed by atoms with E-state index in [1.54, 1.807) is 0 Å². The molecule has 1 amide bonds. The van der Waals surface area contributed by atoms with Gasteiger partial charge in [-0.1, -0.05) is 12.5 Å². The van der Waals surface area contributed by atoms with Crippen molar-refractivity contribution in [2.45, 2.75) is 38.6 Å². The summed E-state index contributed by atoms with van der Waals surface area (Å²) in [5.41, 5.74) is 0.943. The maximum atomic E-state index is 12.5. The summed E-state index contributed by atoms with van der Waals surface area (Å²) in [6.07, 6.45) is 2.63. The largest absolute Gasteiger partial charge is 0.486 e. The monoisotopic (exact) mass is 333 g/mol. The zero-order valence-corrected chi connectivity index (χ0v) is 13.8. The second-order valence-corrected chi connectivity index (χ2v) is 6.53. The van der Waals surface area contributed by atoms with Crippen LogP contribution in [0.3, 0.4) is 0 Å². The summed E-state index contributed by atoms with van der Waals surface area (Å²) in [6.45, 7) is 2.99. The molecule has 1 aromatic rings. The van der Waals surface area contributed by atoms with E-state index >= 15 is 0 Å². The summed E-state index contributed by atoms with van der Waals surface area (Å²) >= 11 is 0. The van der Waals surface area contributed by atoms with E-state index in [4.69, 9.17) is 14.6 Å². The van der Waals surface area contributed by atoms with E-state index < -0.39 is 11.9 Å². The molecule has 6 heteroatoms. The molecule has 0 radical (unpaired) electrons. The van der Waals surface area contributed by atoms with Crippen molar-refractivity contribution in [1.82, 2.24) is 5.32 Å². The Labute approximate surface area is 141 Å². The third-order valence-electron chi connectivity index (χ3n) is 4.82. The molecule has 3 rings (SSSR count). The van der Waals surface area contributed by atoms with Crippen molar-refractivity contribution in [2.75, 3.05) is 13.2 Å². The third-order valence-corrected chi connectivity index (χ3v) is 4.82. The van der Waals surface area contributed by atoms with Gasteiger partial charge in [-0.05, 0) is 43.9 Å². The zero-order chi connectivity index (χ0) is 17.1. The Morgan fingerprint density at radius 2 is 1.88 bits per heavy atom. The van der Waals surface area contributed by atoms with Gasteiger partial charge in [-0.25, -0.2) is 0 Å². The number of fused-ring (bicyclic) bond motifs is 1. The van der Waals surface area contributed by atoms with Crippen LogP contribution in [0.25, 0.3) is 0 Å². The van der Waals surface area contributed by atoms with Crippen LogP contribution in [0.4, 0.5) is 0 Å². The number of carbonyl (C=O) groups excluding carboxylic acids is 1. The summed E-state index contributed by atoms with van der Waals surface area (Å²) in [7, 11) is 0. The molecule has 0 saturated heterocycles. The molecule has 1 aromatic carbocycles. The topological polar surface area (TPSA) is 84.9 Å². The lowest BCUT2D eigenvalue weighted by Crippen LogP contribution is -2.36. The average Bonchev–Trinajstić information content (AvgIpc) is 2.61. The van der Waals surface area contributed by atoms with Crippen LogP contribution in [0.5, 0.6) is 11.5 Å². The fraction of sp³-hybridized carbons (Fsp3) is 0.556. The number of carboxylic acids is 1. The van der Waals surface area contributed by atoms with Crippen LogP contribution in [0.2, 0.25) is 0 Å². The van der Waals surface area contributed by atoms with Gasteiger partial charge in [0.1, 0.15) is 13.2 Å². The number of hydrogen-bond donors (Lipinski definition) is 2. The molecule has 2 aliphatic rings. The highest BCUT2D eigenvalue weighted by Crippen LogP contribution is 2.33. The molecule has 1 aliphatic heterocycles. The van der Waals surface area contributed by atoms with Gasteiger partial charge in [-0.2, -0.15) is 0 Å². The third kappa shape index (κ3) is 3.63. The van der Waals surface area contributed by atoms with Gasteiger partial charge in [0, 0.05) is 5.92 Å². The highest BCUT2D eigenvalue weighted by atomic mass is 16.6. The number of amides is 1. The Morgan fingerprint density at radius 1 is 1.17 bits per heavy atom. The normalized spacial score (nSPS) is 24.0. The van der Waals surface area contributed by atoms with Gasteiger partial charge in [0.05, 0.1) is 12.0 Å². The highest BCUT2D eigenvalue weighted by Gasteiger charge is 2.31. The molecule has 130 valence electrons. The van der Waals surface area contributed by atoms with E-state index in [-0.39, 0.29) is 17.9 Å². The fourth-order valence-electron chi connectivity index (χ4n) is 3.40. The first-order valence-electron chi connectivity index (χ1n) is 8.47. The quantitative estimate of drug-likeness (QED) is 0.884. The number of carbonyl (C=O) groups is 2. The number of nitrogens with one attached hydrogen (secondary N) is 1. The first kappa shape index (κ1) is 16.6. The van der Waals surface area contributed by atoms with Crippen molar-refractivity contribution < 1.29 is 24.2 Å². The summed E-state index contributed by atoms with van der Waals surface area (Å²) in [5.74, 6) is -0.0714. The molecule has 0 aromatic heterocycles. The minimum absolute atomic E-state index is 0.0664. The SMILES string of the molecule is CC(NC(=O)C1CCCC(C(=O)O)C1)c1ccc2c(c1)OCCO2. The molecule has 0 bridgehead atoms. The highest BCUT2D eigenvalue weighted by molar-refractivity contribution is 5.80. The molecular formula is C18H23NO5. The summed E-state index contributed by atoms with van der Waals surface area (Å²) < 4.78 is 11.1. The standard InChI is InChI=1S/C18H23NO5/c1-11(12-5-6-15-16(10-12)24-8-7-23-15)19-17(20)13-3-2-4-14(9-13)18(21)22/h5-6,10-11,13-14H,2-4,7-9H2,1H3,(H,19,20)(H,21,22). The second kappa shape index (κ2) is 7.11. The van der Waals surface area contributed by atoms with Crippen molar-refractivity contribution in [1.29, 1.82) is 0 Å². The van der Waals surface area contributed by atoms with Crippen molar-refractivity contribution in [2.24, 2.45) is 11.8 Å². The smallest absolute Gasteiger partial charge is 0.306 e. The van der Waals surface area contributed by atoms with Crippen molar-refractivity contribution in [3.63, 3.8) is 0 Å². The second-order valence-electron chi connectivity index (χ2n) is 6.53. The van der Waals surface area contributed by atoms with E-state index in [9.17, 15) is 9.59 Å². The Balaban J connectivity index is 1.62. The molecule has 24 heavy (non-hydrogen) atoms. The Bertz CT molecular complexity index is 630. The van der Waals surface area contributed by atoms with Crippen LogP contribution in [-0.4, -0.2) is 30.2 Å². The molecule has 3 atom stereocenters. The van der Waals surface area contributed by atoms with Crippen molar-refractivity contribution >= 4 is 11.9 Å². The number of hydrogen-bond acceptors (Lipinski definition) is 4. The Hall–Kier alpha value is -2.24. The van der Waals surface area contributed by atoms with Crippen LogP contribution in [-0.2, 0) is 9.59 Å². The minimum atomic E-state index is -0.799. The van der Waals surface area contributed by atoms with Crippen LogP contribution in [0, 0.1) is 11.8 Å². The van der Waals surface area contributed by atoms with Crippen LogP contribution in [0.1, 0.15) is 44.2 Å². The van der Waals surface area contributed by atoms with Gasteiger partial charge < -0.3 is 19.9 Å². The first-order chi connectivity index (χ1) is 11.5. The van der Waals surface area contributed by atoms with E-state index in [2.05, 4.69) is 5.32 Å². The lowest BCUT2D eigenvalue weighted by molar-refractivity contribution is -0.144. The number of aliphatic carboxylic acids is 1. The molecule has 1 aliphatic carbocycles. The van der Waals surface area contributed by atoms with Gasteiger partial charge >= 0.3 is 5.97 Å². The number of rotatable bonds is 4. The first-order valence-corrected chi connectivity index (χ1v) is 8.47. The van der Waals surface area contributed by atoms with Crippen molar-refractivity contribution in [3.05, 3.63) is 23.8 Å². The van der Waals surface area contributed by atoms with E-state index in [1.807, 2.05) is 25.1 Å². The molecular weight excluding hydrogens is 310 g/mol. The fourth-order valence-corrected chi connectivity index (χ4v) is 3.40. The summed E-state index contributed by atoms with van der Waals surface area (Å²) in [5, 5.41) is 12.2. The predicted molar refractivity (Wildman–Crippen MR) is 87.1 cm³/mol. The lowest BCUT2D eigenvalue weighted by atomic mass is 9.81. The van der Waals surface area contributed by atoms with Gasteiger partial charge in [0.2, 0.25) is 5.91 Å². The molecule has 6 nitrogen and oxygen atoms in total. The van der Waals surface area contributed by atoms with Crippen LogP contribution < -0.4 is 14.8 Å². The molecule has 2 N–H and O–H groups in total. The average molecular weight is 333 g/mol. The molecule has 3 unspecified atom stereocenters. The summed E-state index contributed by atoms with van der Waals surface area (Å²) in [4.78, 5) is 23.6. The van der Waals surface area contributed by atoms with Gasteiger partial charge in [-0.3, -0.25) is 9.59 Å². The van der Waals surface area contributed by atoms with Gasteiger partial charge in [0.15, 0.2) is 11.5 Å². The number of ether oxygens (including phenoxy) is 2. The zero-order valence-electron chi connectivity index (χ0n) is 13.8. The summed E-state index contributed by atoms with van der Waals surface area (Å²) in [6, 6.07) is 5.49.